The van der Waals surface area contributed by atoms with Crippen LogP contribution in [0.15, 0.2) is 24.3 Å². The van der Waals surface area contributed by atoms with E-state index in [4.69, 9.17) is 4.74 Å². The number of rotatable bonds is 2. The summed E-state index contributed by atoms with van der Waals surface area (Å²) in [6.07, 6.45) is -3.48. The average Bonchev–Trinajstić information content (AvgIpc) is 3.16. The van der Waals surface area contributed by atoms with Crippen LogP contribution in [-0.4, -0.2) is 73.0 Å². The Morgan fingerprint density at radius 3 is 2.72 bits per heavy atom. The number of urea groups is 1. The molecule has 3 fully saturated rings. The Morgan fingerprint density at radius 2 is 1.93 bits per heavy atom. The number of alkyl halides is 3. The number of nitrogens with zero attached hydrogens (tertiary/aromatic N) is 2. The number of benzene rings is 1. The standard InChI is InChI=1S/C19H22F3N3O4/c20-19(21,22)29-14-3-1-2-12(8-14)13-4-6-24(9-13)18(27)25-7-5-16-15(10-25)23-17(26)11-28-16/h1-3,8,13,15-16H,4-7,9-11H2,(H,23,26)/t13?,15-,16+/m1/s1. The number of amides is 3. The fraction of sp³-hybridized carbons (Fsp3) is 0.579. The third-order valence-corrected chi connectivity index (χ3v) is 5.62. The lowest BCUT2D eigenvalue weighted by Gasteiger charge is -2.42. The molecule has 3 amide bonds. The van der Waals surface area contributed by atoms with Crippen LogP contribution in [0.4, 0.5) is 18.0 Å². The second-order valence-electron chi connectivity index (χ2n) is 7.59. The summed E-state index contributed by atoms with van der Waals surface area (Å²) in [4.78, 5) is 27.9. The van der Waals surface area contributed by atoms with Crippen LogP contribution in [0.2, 0.25) is 0 Å². The molecule has 0 radical (unpaired) electrons. The van der Waals surface area contributed by atoms with E-state index in [9.17, 15) is 22.8 Å². The summed E-state index contributed by atoms with van der Waals surface area (Å²) in [7, 11) is 0. The molecule has 4 rings (SSSR count). The molecule has 3 heterocycles. The van der Waals surface area contributed by atoms with Gasteiger partial charge in [0.1, 0.15) is 12.4 Å². The highest BCUT2D eigenvalue weighted by atomic mass is 19.4. The number of piperidine rings is 1. The molecule has 0 saturated carbocycles. The summed E-state index contributed by atoms with van der Waals surface area (Å²) < 4.78 is 46.9. The highest BCUT2D eigenvalue weighted by Crippen LogP contribution is 2.32. The van der Waals surface area contributed by atoms with E-state index >= 15 is 0 Å². The predicted octanol–water partition coefficient (Wildman–Crippen LogP) is 2.08. The summed E-state index contributed by atoms with van der Waals surface area (Å²) in [5.41, 5.74) is 0.716. The summed E-state index contributed by atoms with van der Waals surface area (Å²) in [6.45, 7) is 1.96. The van der Waals surface area contributed by atoms with Gasteiger partial charge in [0.05, 0.1) is 12.1 Å². The molecule has 29 heavy (non-hydrogen) atoms. The van der Waals surface area contributed by atoms with E-state index in [1.807, 2.05) is 0 Å². The zero-order valence-corrected chi connectivity index (χ0v) is 15.7. The zero-order chi connectivity index (χ0) is 20.6. The van der Waals surface area contributed by atoms with Gasteiger partial charge in [-0.15, -0.1) is 13.2 Å². The Morgan fingerprint density at radius 1 is 1.17 bits per heavy atom. The number of morpholine rings is 1. The van der Waals surface area contributed by atoms with Crippen LogP contribution in [0.1, 0.15) is 24.3 Å². The van der Waals surface area contributed by atoms with Crippen molar-refractivity contribution in [2.45, 2.75) is 37.3 Å². The summed E-state index contributed by atoms with van der Waals surface area (Å²) in [6, 6.07) is 5.60. The van der Waals surface area contributed by atoms with E-state index in [1.54, 1.807) is 15.9 Å². The molecule has 1 aromatic carbocycles. The van der Waals surface area contributed by atoms with E-state index in [0.29, 0.717) is 44.6 Å². The Balaban J connectivity index is 1.37. The highest BCUT2D eigenvalue weighted by Gasteiger charge is 2.39. The van der Waals surface area contributed by atoms with Crippen LogP contribution < -0.4 is 10.1 Å². The summed E-state index contributed by atoms with van der Waals surface area (Å²) in [5.74, 6) is -0.483. The van der Waals surface area contributed by atoms with Crippen LogP contribution in [0.3, 0.4) is 0 Å². The first-order valence-corrected chi connectivity index (χ1v) is 9.59. The van der Waals surface area contributed by atoms with Crippen LogP contribution in [0.25, 0.3) is 0 Å². The van der Waals surface area contributed by atoms with E-state index in [2.05, 4.69) is 10.1 Å². The maximum atomic E-state index is 12.9. The van der Waals surface area contributed by atoms with Gasteiger partial charge in [0, 0.05) is 32.1 Å². The average molecular weight is 413 g/mol. The predicted molar refractivity (Wildman–Crippen MR) is 95.3 cm³/mol. The van der Waals surface area contributed by atoms with E-state index in [0.717, 1.165) is 0 Å². The number of nitrogens with one attached hydrogen (secondary N) is 1. The number of carbonyl (C=O) groups excluding carboxylic acids is 2. The van der Waals surface area contributed by atoms with Crippen molar-refractivity contribution in [1.29, 1.82) is 0 Å². The highest BCUT2D eigenvalue weighted by molar-refractivity contribution is 5.79. The second-order valence-corrected chi connectivity index (χ2v) is 7.59. The molecule has 3 saturated heterocycles. The SMILES string of the molecule is O=C1CO[C@H]2CCN(C(=O)N3CCC(c4cccc(OC(F)(F)F)c4)C3)C[C@H]2N1. The number of halogens is 3. The largest absolute Gasteiger partial charge is 0.573 e. The first-order valence-electron chi connectivity index (χ1n) is 9.59. The van der Waals surface area contributed by atoms with Crippen molar-refractivity contribution < 1.29 is 32.2 Å². The van der Waals surface area contributed by atoms with E-state index in [-0.39, 0.29) is 42.4 Å². The van der Waals surface area contributed by atoms with Crippen molar-refractivity contribution >= 4 is 11.9 Å². The lowest BCUT2D eigenvalue weighted by atomic mass is 9.98. The van der Waals surface area contributed by atoms with Gasteiger partial charge in [0.2, 0.25) is 5.91 Å². The van der Waals surface area contributed by atoms with Gasteiger partial charge in [-0.2, -0.15) is 0 Å². The molecule has 0 aliphatic carbocycles. The number of hydrogen-bond acceptors (Lipinski definition) is 4. The fourth-order valence-corrected chi connectivity index (χ4v) is 4.25. The molecule has 3 aliphatic rings. The lowest BCUT2D eigenvalue weighted by Crippen LogP contribution is -2.62. The molecule has 1 unspecified atom stereocenters. The molecule has 3 aliphatic heterocycles. The molecular weight excluding hydrogens is 391 g/mol. The van der Waals surface area contributed by atoms with Crippen molar-refractivity contribution in [1.82, 2.24) is 15.1 Å². The lowest BCUT2D eigenvalue weighted by molar-refractivity contribution is -0.274. The number of fused-ring (bicyclic) bond motifs is 1. The Bertz CT molecular complexity index is 788. The van der Waals surface area contributed by atoms with Gasteiger partial charge in [-0.1, -0.05) is 12.1 Å². The van der Waals surface area contributed by atoms with Crippen molar-refractivity contribution in [2.24, 2.45) is 0 Å². The van der Waals surface area contributed by atoms with Crippen molar-refractivity contribution in [3.63, 3.8) is 0 Å². The molecule has 7 nitrogen and oxygen atoms in total. The van der Waals surface area contributed by atoms with Gasteiger partial charge >= 0.3 is 12.4 Å². The van der Waals surface area contributed by atoms with Crippen LogP contribution >= 0.6 is 0 Å². The summed E-state index contributed by atoms with van der Waals surface area (Å²) in [5, 5.41) is 2.87. The third-order valence-electron chi connectivity index (χ3n) is 5.62. The van der Waals surface area contributed by atoms with Crippen molar-refractivity contribution in [2.75, 3.05) is 32.8 Å². The van der Waals surface area contributed by atoms with E-state index < -0.39 is 6.36 Å². The van der Waals surface area contributed by atoms with Gasteiger partial charge in [-0.25, -0.2) is 4.79 Å². The molecule has 158 valence electrons. The molecular formula is C19H22F3N3O4. The second kappa shape index (κ2) is 7.74. The summed E-state index contributed by atoms with van der Waals surface area (Å²) >= 11 is 0. The first kappa shape index (κ1) is 19.8. The molecule has 1 N–H and O–H groups in total. The van der Waals surface area contributed by atoms with Gasteiger partial charge in [0.25, 0.3) is 0 Å². The van der Waals surface area contributed by atoms with Gasteiger partial charge in [-0.05, 0) is 30.5 Å². The van der Waals surface area contributed by atoms with E-state index in [1.165, 1.54) is 18.2 Å². The van der Waals surface area contributed by atoms with Crippen molar-refractivity contribution in [3.05, 3.63) is 29.8 Å². The molecule has 0 bridgehead atoms. The zero-order valence-electron chi connectivity index (χ0n) is 15.7. The molecule has 0 spiro atoms. The Labute approximate surface area is 165 Å². The topological polar surface area (TPSA) is 71.1 Å². The molecule has 3 atom stereocenters. The Kier molecular flexibility index (Phi) is 5.28. The molecule has 1 aromatic rings. The minimum absolute atomic E-state index is 0.0500. The van der Waals surface area contributed by atoms with Gasteiger partial charge < -0.3 is 24.6 Å². The van der Waals surface area contributed by atoms with Gasteiger partial charge in [-0.3, -0.25) is 4.79 Å². The Hall–Kier alpha value is -2.49. The minimum Gasteiger partial charge on any atom is -0.406 e. The third kappa shape index (κ3) is 4.58. The van der Waals surface area contributed by atoms with Crippen LogP contribution in [0, 0.1) is 0 Å². The monoisotopic (exact) mass is 413 g/mol. The normalized spacial score (nSPS) is 27.4. The first-order chi connectivity index (χ1) is 13.8. The number of hydrogen-bond donors (Lipinski definition) is 1. The van der Waals surface area contributed by atoms with Gasteiger partial charge in [0.15, 0.2) is 0 Å². The quantitative estimate of drug-likeness (QED) is 0.806. The van der Waals surface area contributed by atoms with Crippen molar-refractivity contribution in [3.8, 4) is 5.75 Å². The number of likely N-dealkylation sites (tertiary alicyclic amines) is 2. The molecule has 0 aromatic heterocycles. The number of carbonyl (C=O) groups is 2. The van der Waals surface area contributed by atoms with Crippen LogP contribution in [-0.2, 0) is 9.53 Å². The van der Waals surface area contributed by atoms with Crippen LogP contribution in [0.5, 0.6) is 5.75 Å². The minimum atomic E-state index is -4.74. The fourth-order valence-electron chi connectivity index (χ4n) is 4.25. The maximum Gasteiger partial charge on any atom is 0.573 e. The molecule has 10 heteroatoms. The smallest absolute Gasteiger partial charge is 0.406 e. The maximum absolute atomic E-state index is 12.9. The number of ether oxygens (including phenoxy) is 2.